The van der Waals surface area contributed by atoms with Crippen LogP contribution in [0.15, 0.2) is 48.5 Å². The molecule has 0 aromatic heterocycles. The molecule has 0 aliphatic rings. The van der Waals surface area contributed by atoms with Crippen molar-refractivity contribution in [1.82, 2.24) is 5.32 Å². The molecule has 2 rings (SSSR count). The van der Waals surface area contributed by atoms with Crippen LogP contribution >= 0.6 is 11.6 Å². The van der Waals surface area contributed by atoms with Crippen LogP contribution in [0.25, 0.3) is 0 Å². The summed E-state index contributed by atoms with van der Waals surface area (Å²) in [5.74, 6) is 0.881. The molecular formula is C18H22ClNO. The normalized spacial score (nSPS) is 13.7. The monoisotopic (exact) mass is 303 g/mol. The highest BCUT2D eigenvalue weighted by Crippen LogP contribution is 2.28. The van der Waals surface area contributed by atoms with Crippen LogP contribution in [0.5, 0.6) is 5.75 Å². The fraction of sp³-hybridized carbons (Fsp3) is 0.333. The largest absolute Gasteiger partial charge is 0.497 e. The van der Waals surface area contributed by atoms with Crippen molar-refractivity contribution < 1.29 is 4.74 Å². The van der Waals surface area contributed by atoms with Gasteiger partial charge in [0, 0.05) is 17.1 Å². The Morgan fingerprint density at radius 1 is 1.14 bits per heavy atom. The van der Waals surface area contributed by atoms with Crippen LogP contribution < -0.4 is 10.1 Å². The number of hydrogen-bond acceptors (Lipinski definition) is 2. The molecule has 0 heterocycles. The lowest BCUT2D eigenvalue weighted by molar-refractivity contribution is 0.411. The number of hydrogen-bond donors (Lipinski definition) is 1. The second-order valence-electron chi connectivity index (χ2n) is 5.15. The van der Waals surface area contributed by atoms with Crippen LogP contribution in [-0.4, -0.2) is 7.11 Å². The smallest absolute Gasteiger partial charge is 0.119 e. The zero-order valence-electron chi connectivity index (χ0n) is 12.8. The van der Waals surface area contributed by atoms with Crippen molar-refractivity contribution in [3.8, 4) is 5.75 Å². The maximum atomic E-state index is 6.31. The predicted molar refractivity (Wildman–Crippen MR) is 89.0 cm³/mol. The minimum absolute atomic E-state index is 0.223. The molecule has 2 aromatic carbocycles. The quantitative estimate of drug-likeness (QED) is 0.796. The summed E-state index contributed by atoms with van der Waals surface area (Å²) in [7, 11) is 1.69. The van der Waals surface area contributed by atoms with Crippen LogP contribution in [0.2, 0.25) is 5.02 Å². The van der Waals surface area contributed by atoms with E-state index in [4.69, 9.17) is 16.3 Å². The van der Waals surface area contributed by atoms with Crippen LogP contribution in [0.4, 0.5) is 0 Å². The van der Waals surface area contributed by atoms with E-state index in [0.717, 1.165) is 22.8 Å². The number of halogens is 1. The lowest BCUT2D eigenvalue weighted by Crippen LogP contribution is -2.24. The average Bonchev–Trinajstić information content (AvgIpc) is 2.53. The Labute approximate surface area is 132 Å². The van der Waals surface area contributed by atoms with Crippen LogP contribution in [0.1, 0.15) is 43.5 Å². The third-order valence-corrected chi connectivity index (χ3v) is 4.08. The number of nitrogens with one attached hydrogen (secondary N) is 1. The van der Waals surface area contributed by atoms with Crippen molar-refractivity contribution in [2.45, 2.75) is 32.4 Å². The second-order valence-corrected chi connectivity index (χ2v) is 5.55. The van der Waals surface area contributed by atoms with E-state index in [1.54, 1.807) is 7.11 Å². The highest BCUT2D eigenvalue weighted by Gasteiger charge is 2.16. The van der Waals surface area contributed by atoms with E-state index in [9.17, 15) is 0 Å². The molecule has 0 aliphatic heterocycles. The predicted octanol–water partition coefficient (Wildman–Crippen LogP) is 5.15. The van der Waals surface area contributed by atoms with E-state index in [-0.39, 0.29) is 12.1 Å². The summed E-state index contributed by atoms with van der Waals surface area (Å²) in [6, 6.07) is 16.6. The van der Waals surface area contributed by atoms with Gasteiger partial charge in [-0.2, -0.15) is 0 Å². The molecule has 0 spiro atoms. The summed E-state index contributed by atoms with van der Waals surface area (Å²) in [4.78, 5) is 0. The first kappa shape index (κ1) is 15.9. The Morgan fingerprint density at radius 3 is 2.57 bits per heavy atom. The Balaban J connectivity index is 2.16. The molecule has 2 aromatic rings. The number of methoxy groups -OCH3 is 1. The van der Waals surface area contributed by atoms with Gasteiger partial charge in [0.25, 0.3) is 0 Å². The Kier molecular flexibility index (Phi) is 5.66. The van der Waals surface area contributed by atoms with E-state index in [1.807, 2.05) is 30.3 Å². The number of ether oxygens (including phenoxy) is 1. The third kappa shape index (κ3) is 3.99. The van der Waals surface area contributed by atoms with E-state index < -0.39 is 0 Å². The zero-order chi connectivity index (χ0) is 15.2. The summed E-state index contributed by atoms with van der Waals surface area (Å²) in [5, 5.41) is 4.47. The fourth-order valence-corrected chi connectivity index (χ4v) is 2.76. The molecule has 2 nitrogen and oxygen atoms in total. The molecule has 0 fully saturated rings. The highest BCUT2D eigenvalue weighted by molar-refractivity contribution is 6.31. The zero-order valence-corrected chi connectivity index (χ0v) is 13.5. The minimum atomic E-state index is 0.223. The third-order valence-electron chi connectivity index (χ3n) is 3.73. The molecule has 2 atom stereocenters. The maximum Gasteiger partial charge on any atom is 0.119 e. The molecule has 3 heteroatoms. The Morgan fingerprint density at radius 2 is 1.90 bits per heavy atom. The summed E-state index contributed by atoms with van der Waals surface area (Å²) in [6.45, 7) is 4.33. The molecule has 0 radical (unpaired) electrons. The molecule has 1 N–H and O–H groups in total. The summed E-state index contributed by atoms with van der Waals surface area (Å²) < 4.78 is 5.29. The lowest BCUT2D eigenvalue weighted by Gasteiger charge is -2.24. The molecule has 112 valence electrons. The van der Waals surface area contributed by atoms with Gasteiger partial charge in [0.15, 0.2) is 0 Å². The Hall–Kier alpha value is -1.51. The molecule has 0 aliphatic carbocycles. The van der Waals surface area contributed by atoms with Crippen molar-refractivity contribution in [1.29, 1.82) is 0 Å². The summed E-state index contributed by atoms with van der Waals surface area (Å²) in [5.41, 5.74) is 2.36. The highest BCUT2D eigenvalue weighted by atomic mass is 35.5. The first-order valence-electron chi connectivity index (χ1n) is 7.30. The standard InChI is InChI=1S/C18H22ClNO/c1-4-18(16-10-5-6-11-17(16)19)20-13(2)14-8-7-9-15(12-14)21-3/h5-13,18,20H,4H2,1-3H3/t13?,18-/m1/s1. The molecule has 0 amide bonds. The van der Waals surface area contributed by atoms with E-state index in [2.05, 4.69) is 37.4 Å². The van der Waals surface area contributed by atoms with Gasteiger partial charge in [-0.1, -0.05) is 48.9 Å². The number of benzene rings is 2. The minimum Gasteiger partial charge on any atom is -0.497 e. The van der Waals surface area contributed by atoms with Gasteiger partial charge in [0.05, 0.1) is 7.11 Å². The molecule has 0 saturated heterocycles. The van der Waals surface area contributed by atoms with Crippen molar-refractivity contribution in [3.63, 3.8) is 0 Å². The van der Waals surface area contributed by atoms with Gasteiger partial charge < -0.3 is 10.1 Å². The number of rotatable bonds is 6. The van der Waals surface area contributed by atoms with Gasteiger partial charge in [-0.05, 0) is 42.7 Å². The first-order valence-corrected chi connectivity index (χ1v) is 7.68. The van der Waals surface area contributed by atoms with Gasteiger partial charge in [-0.25, -0.2) is 0 Å². The summed E-state index contributed by atoms with van der Waals surface area (Å²) in [6.07, 6.45) is 0.984. The molecular weight excluding hydrogens is 282 g/mol. The molecule has 0 bridgehead atoms. The van der Waals surface area contributed by atoms with Crippen molar-refractivity contribution in [2.75, 3.05) is 7.11 Å². The van der Waals surface area contributed by atoms with Crippen LogP contribution in [0.3, 0.4) is 0 Å². The first-order chi connectivity index (χ1) is 10.2. The van der Waals surface area contributed by atoms with Gasteiger partial charge in [-0.15, -0.1) is 0 Å². The van der Waals surface area contributed by atoms with Gasteiger partial charge in [0.1, 0.15) is 5.75 Å². The lowest BCUT2D eigenvalue weighted by atomic mass is 10.0. The van der Waals surface area contributed by atoms with Crippen LogP contribution in [0, 0.1) is 0 Å². The maximum absolute atomic E-state index is 6.31. The van der Waals surface area contributed by atoms with Crippen molar-refractivity contribution in [2.24, 2.45) is 0 Å². The Bertz CT molecular complexity index is 585. The fourth-order valence-electron chi connectivity index (χ4n) is 2.49. The van der Waals surface area contributed by atoms with E-state index in [1.165, 1.54) is 5.56 Å². The van der Waals surface area contributed by atoms with Crippen molar-refractivity contribution >= 4 is 11.6 Å². The van der Waals surface area contributed by atoms with Crippen molar-refractivity contribution in [3.05, 3.63) is 64.7 Å². The second kappa shape index (κ2) is 7.48. The van der Waals surface area contributed by atoms with Crippen LogP contribution in [-0.2, 0) is 0 Å². The van der Waals surface area contributed by atoms with E-state index in [0.29, 0.717) is 0 Å². The summed E-state index contributed by atoms with van der Waals surface area (Å²) >= 11 is 6.31. The molecule has 21 heavy (non-hydrogen) atoms. The molecule has 0 saturated carbocycles. The topological polar surface area (TPSA) is 21.3 Å². The van der Waals surface area contributed by atoms with Gasteiger partial charge >= 0.3 is 0 Å². The molecule has 1 unspecified atom stereocenters. The average molecular weight is 304 g/mol. The SMILES string of the molecule is CC[C@@H](NC(C)c1cccc(OC)c1)c1ccccc1Cl. The van der Waals surface area contributed by atoms with Gasteiger partial charge in [0.2, 0.25) is 0 Å². The van der Waals surface area contributed by atoms with Gasteiger partial charge in [-0.3, -0.25) is 0 Å². The van der Waals surface area contributed by atoms with E-state index >= 15 is 0 Å².